The van der Waals surface area contributed by atoms with Crippen molar-refractivity contribution in [1.82, 2.24) is 5.32 Å². The van der Waals surface area contributed by atoms with E-state index in [9.17, 15) is 4.39 Å². The highest BCUT2D eigenvalue weighted by atomic mass is 32.2. The van der Waals surface area contributed by atoms with Crippen LogP contribution in [0.15, 0.2) is 23.1 Å². The minimum Gasteiger partial charge on any atom is -0.395 e. The Morgan fingerprint density at radius 3 is 2.67 bits per heavy atom. The molecule has 18 heavy (non-hydrogen) atoms. The van der Waals surface area contributed by atoms with Crippen LogP contribution < -0.4 is 5.32 Å². The van der Waals surface area contributed by atoms with Gasteiger partial charge in [-0.15, -0.1) is 11.8 Å². The average molecular weight is 271 g/mol. The summed E-state index contributed by atoms with van der Waals surface area (Å²) in [6, 6.07) is 5.11. The number of nitrogens with one attached hydrogen (secondary N) is 1. The lowest BCUT2D eigenvalue weighted by Gasteiger charge is -2.14. The molecular weight excluding hydrogens is 249 g/mol. The van der Waals surface area contributed by atoms with Crippen molar-refractivity contribution >= 4 is 11.8 Å². The summed E-state index contributed by atoms with van der Waals surface area (Å²) >= 11 is 1.51. The molecule has 1 atom stereocenters. The SMILES string of the molecule is CC(C)CNCc1c(F)cccc1SC(C)CO. The van der Waals surface area contributed by atoms with E-state index in [2.05, 4.69) is 19.2 Å². The van der Waals surface area contributed by atoms with Crippen molar-refractivity contribution in [3.8, 4) is 0 Å². The molecule has 4 heteroatoms. The lowest BCUT2D eigenvalue weighted by atomic mass is 10.2. The van der Waals surface area contributed by atoms with E-state index in [-0.39, 0.29) is 17.7 Å². The number of hydrogen-bond donors (Lipinski definition) is 2. The Bertz CT molecular complexity index is 371. The van der Waals surface area contributed by atoms with E-state index in [1.165, 1.54) is 17.8 Å². The van der Waals surface area contributed by atoms with Gasteiger partial charge in [0.25, 0.3) is 0 Å². The molecule has 0 saturated heterocycles. The molecule has 0 aromatic heterocycles. The van der Waals surface area contributed by atoms with Gasteiger partial charge in [0.1, 0.15) is 5.82 Å². The number of aliphatic hydroxyl groups is 1. The molecule has 0 fully saturated rings. The van der Waals surface area contributed by atoms with Crippen LogP contribution in [0.5, 0.6) is 0 Å². The molecule has 0 radical (unpaired) electrons. The maximum absolute atomic E-state index is 13.8. The lowest BCUT2D eigenvalue weighted by Crippen LogP contribution is -2.20. The molecule has 0 amide bonds. The van der Waals surface area contributed by atoms with Crippen LogP contribution in [0.1, 0.15) is 26.3 Å². The predicted molar refractivity (Wildman–Crippen MR) is 75.3 cm³/mol. The van der Waals surface area contributed by atoms with E-state index >= 15 is 0 Å². The van der Waals surface area contributed by atoms with Gasteiger partial charge in [-0.1, -0.05) is 26.8 Å². The van der Waals surface area contributed by atoms with Crippen LogP contribution >= 0.6 is 11.8 Å². The maximum Gasteiger partial charge on any atom is 0.128 e. The van der Waals surface area contributed by atoms with Crippen molar-refractivity contribution < 1.29 is 9.50 Å². The fraction of sp³-hybridized carbons (Fsp3) is 0.571. The maximum atomic E-state index is 13.8. The van der Waals surface area contributed by atoms with Crippen molar-refractivity contribution in [1.29, 1.82) is 0 Å². The summed E-state index contributed by atoms with van der Waals surface area (Å²) in [6.07, 6.45) is 0. The topological polar surface area (TPSA) is 32.3 Å². The lowest BCUT2D eigenvalue weighted by molar-refractivity contribution is 0.300. The van der Waals surface area contributed by atoms with E-state index < -0.39 is 0 Å². The summed E-state index contributed by atoms with van der Waals surface area (Å²) in [5.41, 5.74) is 0.698. The molecule has 1 rings (SSSR count). The first kappa shape index (κ1) is 15.5. The number of benzene rings is 1. The van der Waals surface area contributed by atoms with Gasteiger partial charge in [0.2, 0.25) is 0 Å². The number of rotatable bonds is 7. The largest absolute Gasteiger partial charge is 0.395 e. The second-order valence-corrected chi connectivity index (χ2v) is 6.33. The molecule has 1 unspecified atom stereocenters. The van der Waals surface area contributed by atoms with Crippen molar-refractivity contribution in [3.63, 3.8) is 0 Å². The summed E-state index contributed by atoms with van der Waals surface area (Å²) < 4.78 is 13.8. The van der Waals surface area contributed by atoms with Gasteiger partial charge in [0.05, 0.1) is 6.61 Å². The highest BCUT2D eigenvalue weighted by molar-refractivity contribution is 8.00. The molecule has 0 heterocycles. The fourth-order valence-corrected chi connectivity index (χ4v) is 2.54. The molecule has 0 aliphatic carbocycles. The van der Waals surface area contributed by atoms with Crippen LogP contribution in [0.25, 0.3) is 0 Å². The van der Waals surface area contributed by atoms with Gasteiger partial charge in [-0.05, 0) is 24.6 Å². The third-order valence-corrected chi connectivity index (χ3v) is 3.70. The average Bonchev–Trinajstić information content (AvgIpc) is 2.32. The summed E-state index contributed by atoms with van der Waals surface area (Å²) in [5.74, 6) is 0.366. The van der Waals surface area contributed by atoms with Gasteiger partial charge in [-0.3, -0.25) is 0 Å². The Labute approximate surface area is 113 Å². The van der Waals surface area contributed by atoms with Gasteiger partial charge in [0.15, 0.2) is 0 Å². The molecular formula is C14H22FNOS. The summed E-state index contributed by atoms with van der Waals surface area (Å²) in [5, 5.41) is 12.4. The van der Waals surface area contributed by atoms with Crippen LogP contribution in [-0.4, -0.2) is 23.5 Å². The summed E-state index contributed by atoms with van der Waals surface area (Å²) in [4.78, 5) is 0.910. The zero-order valence-electron chi connectivity index (χ0n) is 11.2. The molecule has 1 aromatic rings. The van der Waals surface area contributed by atoms with Crippen LogP contribution in [0.3, 0.4) is 0 Å². The first-order chi connectivity index (χ1) is 8.54. The Kier molecular flexibility index (Phi) is 6.68. The molecule has 0 saturated carbocycles. The Hall–Kier alpha value is -0.580. The number of aliphatic hydroxyl groups excluding tert-OH is 1. The molecule has 2 N–H and O–H groups in total. The highest BCUT2D eigenvalue weighted by Gasteiger charge is 2.11. The number of thioether (sulfide) groups is 1. The molecule has 0 aliphatic rings. The summed E-state index contributed by atoms with van der Waals surface area (Å²) in [7, 11) is 0. The molecule has 0 aliphatic heterocycles. The van der Waals surface area contributed by atoms with Crippen LogP contribution in [-0.2, 0) is 6.54 Å². The number of hydrogen-bond acceptors (Lipinski definition) is 3. The van der Waals surface area contributed by atoms with Gasteiger partial charge < -0.3 is 10.4 Å². The van der Waals surface area contributed by atoms with E-state index in [0.717, 1.165) is 11.4 Å². The standard InChI is InChI=1S/C14H22FNOS/c1-10(2)7-16-8-12-13(15)5-4-6-14(12)18-11(3)9-17/h4-6,10-11,16-17H,7-9H2,1-3H3. The highest BCUT2D eigenvalue weighted by Crippen LogP contribution is 2.28. The Morgan fingerprint density at radius 2 is 2.06 bits per heavy atom. The number of halogens is 1. The van der Waals surface area contributed by atoms with Gasteiger partial charge >= 0.3 is 0 Å². The van der Waals surface area contributed by atoms with E-state index in [4.69, 9.17) is 5.11 Å². The van der Waals surface area contributed by atoms with Gasteiger partial charge in [0, 0.05) is 22.3 Å². The first-order valence-corrected chi connectivity index (χ1v) is 7.18. The molecule has 2 nitrogen and oxygen atoms in total. The molecule has 0 bridgehead atoms. The van der Waals surface area contributed by atoms with Crippen molar-refractivity contribution in [2.75, 3.05) is 13.2 Å². The van der Waals surface area contributed by atoms with Crippen LogP contribution in [0.4, 0.5) is 4.39 Å². The molecule has 1 aromatic carbocycles. The fourth-order valence-electron chi connectivity index (χ4n) is 1.56. The second-order valence-electron chi connectivity index (χ2n) is 4.85. The minimum absolute atomic E-state index is 0.0793. The summed E-state index contributed by atoms with van der Waals surface area (Å²) in [6.45, 7) is 7.68. The van der Waals surface area contributed by atoms with Crippen molar-refractivity contribution in [2.24, 2.45) is 5.92 Å². The quantitative estimate of drug-likeness (QED) is 0.748. The van der Waals surface area contributed by atoms with Gasteiger partial charge in [-0.25, -0.2) is 4.39 Å². The smallest absolute Gasteiger partial charge is 0.128 e. The monoisotopic (exact) mass is 271 g/mol. The zero-order chi connectivity index (χ0) is 13.5. The zero-order valence-corrected chi connectivity index (χ0v) is 12.1. The van der Waals surface area contributed by atoms with Crippen molar-refractivity contribution in [2.45, 2.75) is 37.5 Å². The third-order valence-electron chi connectivity index (χ3n) is 2.52. The Balaban J connectivity index is 2.74. The van der Waals surface area contributed by atoms with Crippen molar-refractivity contribution in [3.05, 3.63) is 29.6 Å². The van der Waals surface area contributed by atoms with E-state index in [0.29, 0.717) is 18.0 Å². The minimum atomic E-state index is -0.179. The molecule has 0 spiro atoms. The Morgan fingerprint density at radius 1 is 1.33 bits per heavy atom. The molecule has 102 valence electrons. The third kappa shape index (κ3) is 4.96. The van der Waals surface area contributed by atoms with Crippen LogP contribution in [0, 0.1) is 11.7 Å². The van der Waals surface area contributed by atoms with E-state index in [1.54, 1.807) is 6.07 Å². The normalized spacial score (nSPS) is 13.0. The first-order valence-electron chi connectivity index (χ1n) is 6.30. The predicted octanol–water partition coefficient (Wildman–Crippen LogP) is 3.04. The van der Waals surface area contributed by atoms with Crippen LogP contribution in [0.2, 0.25) is 0 Å². The van der Waals surface area contributed by atoms with Gasteiger partial charge in [-0.2, -0.15) is 0 Å². The van der Waals surface area contributed by atoms with E-state index in [1.807, 2.05) is 13.0 Å². The second kappa shape index (κ2) is 7.77.